The normalized spacial score (nSPS) is 19.0. The Bertz CT molecular complexity index is 1020. The molecule has 2 aromatic heterocycles. The van der Waals surface area contributed by atoms with Crippen LogP contribution in [0.25, 0.3) is 10.9 Å². The largest absolute Gasteiger partial charge is 0.393 e. The zero-order chi connectivity index (χ0) is 20.1. The smallest absolute Gasteiger partial charge is 0.222 e. The molecule has 1 saturated carbocycles. The number of hydrogen-bond acceptors (Lipinski definition) is 6. The summed E-state index contributed by atoms with van der Waals surface area (Å²) in [7, 11) is 0. The predicted molar refractivity (Wildman–Crippen MR) is 112 cm³/mol. The summed E-state index contributed by atoms with van der Waals surface area (Å²) in [6.07, 6.45) is 6.59. The molecule has 0 spiro atoms. The van der Waals surface area contributed by atoms with Crippen LogP contribution in [0.3, 0.4) is 0 Å². The van der Waals surface area contributed by atoms with E-state index in [1.165, 1.54) is 0 Å². The van der Waals surface area contributed by atoms with Gasteiger partial charge in [-0.25, -0.2) is 9.97 Å². The fourth-order valence-corrected chi connectivity index (χ4v) is 3.92. The minimum atomic E-state index is -0.173. The van der Waals surface area contributed by atoms with Gasteiger partial charge in [0.15, 0.2) is 0 Å². The number of nitrogens with zero attached hydrogens (tertiary/aromatic N) is 4. The Balaban J connectivity index is 1.38. The highest BCUT2D eigenvalue weighted by Gasteiger charge is 2.21. The lowest BCUT2D eigenvalue weighted by Gasteiger charge is -2.25. The number of aromatic nitrogens is 3. The Hall–Kier alpha value is -3.04. The van der Waals surface area contributed by atoms with Gasteiger partial charge in [0.05, 0.1) is 29.1 Å². The second-order valence-electron chi connectivity index (χ2n) is 7.72. The molecule has 6 nitrogen and oxygen atoms in total. The van der Waals surface area contributed by atoms with Crippen molar-refractivity contribution in [1.29, 1.82) is 5.26 Å². The molecule has 0 aliphatic heterocycles. The van der Waals surface area contributed by atoms with Gasteiger partial charge in [0.2, 0.25) is 5.95 Å². The third kappa shape index (κ3) is 4.87. The van der Waals surface area contributed by atoms with Crippen LogP contribution < -0.4 is 5.32 Å². The van der Waals surface area contributed by atoms with E-state index >= 15 is 0 Å². The van der Waals surface area contributed by atoms with Crippen molar-refractivity contribution in [2.45, 2.75) is 44.6 Å². The molecule has 1 aliphatic carbocycles. The quantitative estimate of drug-likeness (QED) is 0.670. The first-order valence-corrected chi connectivity index (χ1v) is 10.2. The second kappa shape index (κ2) is 8.97. The number of rotatable bonds is 6. The van der Waals surface area contributed by atoms with E-state index in [2.05, 4.69) is 33.5 Å². The Labute approximate surface area is 170 Å². The first kappa shape index (κ1) is 19.3. The summed E-state index contributed by atoms with van der Waals surface area (Å²) in [5.74, 6) is 1.02. The summed E-state index contributed by atoms with van der Waals surface area (Å²) in [5, 5.41) is 23.5. The summed E-state index contributed by atoms with van der Waals surface area (Å²) in [6.45, 7) is 0.673. The summed E-state index contributed by atoms with van der Waals surface area (Å²) in [4.78, 5) is 13.6. The number of para-hydroxylation sites is 1. The number of nitrogens with one attached hydrogen (secondary N) is 1. The number of hydrogen-bond donors (Lipinski definition) is 2. The van der Waals surface area contributed by atoms with Gasteiger partial charge in [-0.05, 0) is 50.2 Å². The minimum Gasteiger partial charge on any atom is -0.393 e. The lowest BCUT2D eigenvalue weighted by molar-refractivity contribution is 0.108. The van der Waals surface area contributed by atoms with Gasteiger partial charge in [0.1, 0.15) is 6.07 Å². The number of anilines is 1. The first-order valence-electron chi connectivity index (χ1n) is 10.2. The number of aliphatic hydroxyl groups is 1. The molecule has 2 heterocycles. The van der Waals surface area contributed by atoms with Crippen LogP contribution in [0.1, 0.15) is 42.6 Å². The van der Waals surface area contributed by atoms with Gasteiger partial charge < -0.3 is 10.4 Å². The highest BCUT2D eigenvalue weighted by molar-refractivity contribution is 5.78. The molecule has 1 fully saturated rings. The number of nitriles is 1. The molecule has 0 radical (unpaired) electrons. The van der Waals surface area contributed by atoms with Crippen LogP contribution in [0.5, 0.6) is 0 Å². The molecule has 4 rings (SSSR count). The van der Waals surface area contributed by atoms with Gasteiger partial charge in [-0.15, -0.1) is 0 Å². The lowest BCUT2D eigenvalue weighted by Crippen LogP contribution is -2.20. The third-order valence-electron chi connectivity index (χ3n) is 5.61. The van der Waals surface area contributed by atoms with Crippen LogP contribution in [-0.2, 0) is 12.8 Å². The van der Waals surface area contributed by atoms with E-state index < -0.39 is 0 Å². The molecule has 1 aliphatic rings. The standard InChI is InChI=1S/C23H25N5O/c24-14-18-15-26-23(28-22(18)13-16-5-9-20(29)10-6-16)25-12-11-19-8-7-17-3-1-2-4-21(17)27-19/h1-4,7-8,15-16,20,29H,5-6,9-13H2,(H,25,26,28). The predicted octanol–water partition coefficient (Wildman–Crippen LogP) is 3.64. The summed E-state index contributed by atoms with van der Waals surface area (Å²) >= 11 is 0. The fraction of sp³-hybridized carbons (Fsp3) is 0.391. The average Bonchev–Trinajstić information content (AvgIpc) is 2.75. The zero-order valence-corrected chi connectivity index (χ0v) is 16.4. The number of aliphatic hydroxyl groups excluding tert-OH is 1. The van der Waals surface area contributed by atoms with Crippen LogP contribution in [0, 0.1) is 17.2 Å². The van der Waals surface area contributed by atoms with Gasteiger partial charge in [0, 0.05) is 24.0 Å². The Morgan fingerprint density at radius 2 is 1.90 bits per heavy atom. The highest BCUT2D eigenvalue weighted by atomic mass is 16.3. The van der Waals surface area contributed by atoms with E-state index in [-0.39, 0.29) is 6.10 Å². The number of fused-ring (bicyclic) bond motifs is 1. The van der Waals surface area contributed by atoms with Crippen molar-refractivity contribution in [3.8, 4) is 6.07 Å². The van der Waals surface area contributed by atoms with Crippen LogP contribution in [0.4, 0.5) is 5.95 Å². The maximum Gasteiger partial charge on any atom is 0.222 e. The van der Waals surface area contributed by atoms with Crippen molar-refractivity contribution in [2.24, 2.45) is 5.92 Å². The monoisotopic (exact) mass is 387 g/mol. The summed E-state index contributed by atoms with van der Waals surface area (Å²) in [5.41, 5.74) is 3.36. The van der Waals surface area contributed by atoms with Crippen molar-refractivity contribution in [2.75, 3.05) is 11.9 Å². The maximum atomic E-state index is 9.69. The van der Waals surface area contributed by atoms with Crippen molar-refractivity contribution in [1.82, 2.24) is 15.0 Å². The van der Waals surface area contributed by atoms with Crippen molar-refractivity contribution >= 4 is 16.9 Å². The van der Waals surface area contributed by atoms with Gasteiger partial charge in [-0.2, -0.15) is 5.26 Å². The molecular formula is C23H25N5O. The minimum absolute atomic E-state index is 0.173. The molecular weight excluding hydrogens is 362 g/mol. The second-order valence-corrected chi connectivity index (χ2v) is 7.72. The fourth-order valence-electron chi connectivity index (χ4n) is 3.92. The van der Waals surface area contributed by atoms with E-state index in [4.69, 9.17) is 4.98 Å². The van der Waals surface area contributed by atoms with Gasteiger partial charge in [-0.3, -0.25) is 4.98 Å². The molecule has 29 heavy (non-hydrogen) atoms. The molecule has 3 aromatic rings. The van der Waals surface area contributed by atoms with Gasteiger partial charge in [0.25, 0.3) is 0 Å². The van der Waals surface area contributed by atoms with E-state index in [9.17, 15) is 10.4 Å². The molecule has 2 N–H and O–H groups in total. The Kier molecular flexibility index (Phi) is 5.97. The van der Waals surface area contributed by atoms with E-state index in [0.29, 0.717) is 24.0 Å². The van der Waals surface area contributed by atoms with Gasteiger partial charge in [-0.1, -0.05) is 24.3 Å². The summed E-state index contributed by atoms with van der Waals surface area (Å²) < 4.78 is 0. The van der Waals surface area contributed by atoms with Crippen LogP contribution >= 0.6 is 0 Å². The molecule has 0 bridgehead atoms. The Morgan fingerprint density at radius 1 is 1.07 bits per heavy atom. The SMILES string of the molecule is N#Cc1cnc(NCCc2ccc3ccccc3n2)nc1CC1CCC(O)CC1. The molecule has 1 aromatic carbocycles. The molecule has 0 amide bonds. The third-order valence-corrected chi connectivity index (χ3v) is 5.61. The first-order chi connectivity index (χ1) is 14.2. The van der Waals surface area contributed by atoms with Crippen molar-refractivity contribution in [3.05, 3.63) is 59.5 Å². The van der Waals surface area contributed by atoms with Crippen LogP contribution in [0.2, 0.25) is 0 Å². The topological polar surface area (TPSA) is 94.7 Å². The molecule has 148 valence electrons. The molecule has 0 atom stereocenters. The zero-order valence-electron chi connectivity index (χ0n) is 16.4. The van der Waals surface area contributed by atoms with Crippen LogP contribution in [-0.4, -0.2) is 32.7 Å². The van der Waals surface area contributed by atoms with E-state index in [0.717, 1.165) is 60.8 Å². The van der Waals surface area contributed by atoms with E-state index in [1.54, 1.807) is 6.20 Å². The Morgan fingerprint density at radius 3 is 2.72 bits per heavy atom. The number of pyridine rings is 1. The number of benzene rings is 1. The summed E-state index contributed by atoms with van der Waals surface area (Å²) in [6, 6.07) is 14.4. The molecule has 0 unspecified atom stereocenters. The van der Waals surface area contributed by atoms with Gasteiger partial charge >= 0.3 is 0 Å². The lowest BCUT2D eigenvalue weighted by atomic mass is 9.84. The highest BCUT2D eigenvalue weighted by Crippen LogP contribution is 2.27. The van der Waals surface area contributed by atoms with E-state index in [1.807, 2.05) is 24.3 Å². The van der Waals surface area contributed by atoms with Crippen molar-refractivity contribution in [3.63, 3.8) is 0 Å². The molecule has 6 heteroatoms. The average molecular weight is 387 g/mol. The van der Waals surface area contributed by atoms with Crippen molar-refractivity contribution < 1.29 is 5.11 Å². The van der Waals surface area contributed by atoms with Crippen LogP contribution in [0.15, 0.2) is 42.6 Å². The maximum absolute atomic E-state index is 9.69. The molecule has 0 saturated heterocycles.